The second-order valence-corrected chi connectivity index (χ2v) is 8.48. The molecule has 2 N–H and O–H groups in total. The Balaban J connectivity index is 0.00000420. The topological polar surface area (TPSA) is 74.6 Å². The molecule has 1 heterocycles. The van der Waals surface area contributed by atoms with Gasteiger partial charge in [-0.15, -0.1) is 24.0 Å². The lowest BCUT2D eigenvalue weighted by atomic mass is 9.85. The van der Waals surface area contributed by atoms with Crippen LogP contribution in [0.25, 0.3) is 0 Å². The van der Waals surface area contributed by atoms with Crippen LogP contribution < -0.4 is 10.6 Å². The van der Waals surface area contributed by atoms with E-state index >= 15 is 0 Å². The van der Waals surface area contributed by atoms with E-state index in [2.05, 4.69) is 47.3 Å². The van der Waals surface area contributed by atoms with E-state index in [1.165, 1.54) is 5.69 Å². The Morgan fingerprint density at radius 1 is 1.31 bits per heavy atom. The van der Waals surface area contributed by atoms with Crippen molar-refractivity contribution < 1.29 is 4.79 Å². The number of nitrogens with one attached hydrogen (secondary N) is 2. The number of carbonyl (C=O) groups is 1. The summed E-state index contributed by atoms with van der Waals surface area (Å²) < 4.78 is 2.06. The van der Waals surface area contributed by atoms with Crippen molar-refractivity contribution in [1.82, 2.24) is 25.3 Å². The Morgan fingerprint density at radius 2 is 1.97 bits per heavy atom. The molecule has 1 amide bonds. The molecule has 0 aromatic carbocycles. The first-order chi connectivity index (χ1) is 13.3. The molecule has 0 aliphatic heterocycles. The van der Waals surface area contributed by atoms with Crippen molar-refractivity contribution in [1.29, 1.82) is 0 Å². The van der Waals surface area contributed by atoms with Crippen LogP contribution >= 0.6 is 24.0 Å². The molecule has 1 saturated carbocycles. The van der Waals surface area contributed by atoms with Gasteiger partial charge >= 0.3 is 0 Å². The maximum absolute atomic E-state index is 12.7. The van der Waals surface area contributed by atoms with Gasteiger partial charge in [-0.25, -0.2) is 0 Å². The molecule has 1 unspecified atom stereocenters. The van der Waals surface area contributed by atoms with Crippen molar-refractivity contribution >= 4 is 35.8 Å². The van der Waals surface area contributed by atoms with Gasteiger partial charge in [0.2, 0.25) is 5.91 Å². The van der Waals surface area contributed by atoms with E-state index in [0.717, 1.165) is 57.0 Å². The van der Waals surface area contributed by atoms with E-state index in [0.29, 0.717) is 12.5 Å². The maximum atomic E-state index is 12.7. The van der Waals surface area contributed by atoms with Gasteiger partial charge in [0, 0.05) is 39.4 Å². The summed E-state index contributed by atoms with van der Waals surface area (Å²) in [6.07, 6.45) is 4.08. The highest BCUT2D eigenvalue weighted by Crippen LogP contribution is 2.39. The van der Waals surface area contributed by atoms with Crippen LogP contribution in [0.15, 0.2) is 11.1 Å². The van der Waals surface area contributed by atoms with Crippen molar-refractivity contribution in [3.63, 3.8) is 0 Å². The second kappa shape index (κ2) is 11.8. The summed E-state index contributed by atoms with van der Waals surface area (Å²) in [6, 6.07) is 2.11. The average molecular weight is 518 g/mol. The standard InChI is InChI=1S/C21H38N6O.HI/c1-7-22-20(23-13-16(2)14-27-18(4)12-17(3)25-27)24-15-21(10-8-9-11-21)19(28)26(5)6;/h12,16H,7-11,13-15H2,1-6H3,(H2,22,23,24);1H. The Kier molecular flexibility index (Phi) is 10.4. The van der Waals surface area contributed by atoms with Crippen LogP contribution in [0.2, 0.25) is 0 Å². The molecule has 1 aromatic heterocycles. The molecule has 0 radical (unpaired) electrons. The third-order valence-corrected chi connectivity index (χ3v) is 5.51. The van der Waals surface area contributed by atoms with Crippen LogP contribution in [0.1, 0.15) is 50.9 Å². The van der Waals surface area contributed by atoms with Gasteiger partial charge in [-0.1, -0.05) is 19.8 Å². The van der Waals surface area contributed by atoms with E-state index in [9.17, 15) is 4.79 Å². The van der Waals surface area contributed by atoms with Crippen LogP contribution in [0, 0.1) is 25.2 Å². The summed E-state index contributed by atoms with van der Waals surface area (Å²) in [7, 11) is 3.69. The Morgan fingerprint density at radius 3 is 2.48 bits per heavy atom. The molecule has 29 heavy (non-hydrogen) atoms. The fourth-order valence-corrected chi connectivity index (χ4v) is 4.03. The normalized spacial score (nSPS) is 16.8. The first-order valence-corrected chi connectivity index (χ1v) is 10.5. The highest BCUT2D eigenvalue weighted by molar-refractivity contribution is 14.0. The largest absolute Gasteiger partial charge is 0.357 e. The summed E-state index contributed by atoms with van der Waals surface area (Å²) in [5.74, 6) is 1.41. The molecule has 2 rings (SSSR count). The summed E-state index contributed by atoms with van der Waals surface area (Å²) in [5.41, 5.74) is 1.91. The lowest BCUT2D eigenvalue weighted by Gasteiger charge is -2.29. The number of carbonyl (C=O) groups excluding carboxylic acids is 1. The number of halogens is 1. The van der Waals surface area contributed by atoms with Crippen LogP contribution in [0.3, 0.4) is 0 Å². The zero-order valence-electron chi connectivity index (χ0n) is 18.9. The van der Waals surface area contributed by atoms with E-state index in [4.69, 9.17) is 4.99 Å². The first-order valence-electron chi connectivity index (χ1n) is 10.5. The molecule has 7 nitrogen and oxygen atoms in total. The third kappa shape index (κ3) is 7.15. The molecule has 1 fully saturated rings. The summed E-state index contributed by atoms with van der Waals surface area (Å²) in [4.78, 5) is 19.3. The van der Waals surface area contributed by atoms with Crippen LogP contribution in [-0.4, -0.2) is 60.3 Å². The maximum Gasteiger partial charge on any atom is 0.230 e. The van der Waals surface area contributed by atoms with Crippen molar-refractivity contribution in [2.24, 2.45) is 16.3 Å². The summed E-state index contributed by atoms with van der Waals surface area (Å²) >= 11 is 0. The minimum atomic E-state index is -0.332. The molecule has 1 aliphatic rings. The monoisotopic (exact) mass is 518 g/mol. The van der Waals surface area contributed by atoms with Crippen LogP contribution in [-0.2, 0) is 11.3 Å². The smallest absolute Gasteiger partial charge is 0.230 e. The van der Waals surface area contributed by atoms with Gasteiger partial charge in [0.05, 0.1) is 17.7 Å². The molecule has 0 spiro atoms. The number of aryl methyl sites for hydroxylation is 2. The Bertz CT molecular complexity index is 679. The molecule has 1 aliphatic carbocycles. The van der Waals surface area contributed by atoms with Gasteiger partial charge in [-0.2, -0.15) is 5.10 Å². The minimum absolute atomic E-state index is 0. The van der Waals surface area contributed by atoms with Gasteiger partial charge in [0.1, 0.15) is 0 Å². The van der Waals surface area contributed by atoms with Crippen molar-refractivity contribution in [3.8, 4) is 0 Å². The van der Waals surface area contributed by atoms with Gasteiger partial charge < -0.3 is 15.5 Å². The lowest BCUT2D eigenvalue weighted by molar-refractivity contribution is -0.138. The van der Waals surface area contributed by atoms with E-state index < -0.39 is 0 Å². The van der Waals surface area contributed by atoms with Gasteiger partial charge in [0.15, 0.2) is 5.96 Å². The number of hydrogen-bond acceptors (Lipinski definition) is 3. The third-order valence-electron chi connectivity index (χ3n) is 5.51. The fourth-order valence-electron chi connectivity index (χ4n) is 4.03. The molecular formula is C21H39IN6O. The number of nitrogens with zero attached hydrogens (tertiary/aromatic N) is 4. The molecule has 1 atom stereocenters. The zero-order valence-corrected chi connectivity index (χ0v) is 21.2. The molecule has 1 aromatic rings. The van der Waals surface area contributed by atoms with Gasteiger partial charge in [0.25, 0.3) is 0 Å². The van der Waals surface area contributed by atoms with Gasteiger partial charge in [-0.3, -0.25) is 14.5 Å². The number of amides is 1. The first kappa shape index (κ1) is 25.7. The number of rotatable bonds is 8. The molecule has 8 heteroatoms. The lowest BCUT2D eigenvalue weighted by Crippen LogP contribution is -2.44. The molecule has 0 saturated heterocycles. The van der Waals surface area contributed by atoms with Crippen LogP contribution in [0.5, 0.6) is 0 Å². The molecule has 166 valence electrons. The SMILES string of the molecule is CCNC(=NCC1(C(=O)N(C)C)CCCC1)NCC(C)Cn1nc(C)cc1C.I. The van der Waals surface area contributed by atoms with Crippen molar-refractivity contribution in [2.45, 2.75) is 59.9 Å². The fraction of sp³-hybridized carbons (Fsp3) is 0.762. The number of aromatic nitrogens is 2. The van der Waals surface area contributed by atoms with E-state index in [1.54, 1.807) is 4.90 Å². The van der Waals surface area contributed by atoms with E-state index in [1.807, 2.05) is 21.0 Å². The van der Waals surface area contributed by atoms with Gasteiger partial charge in [-0.05, 0) is 45.6 Å². The van der Waals surface area contributed by atoms with Crippen molar-refractivity contribution in [3.05, 3.63) is 17.5 Å². The number of aliphatic imine (C=N–C) groups is 1. The second-order valence-electron chi connectivity index (χ2n) is 8.48. The minimum Gasteiger partial charge on any atom is -0.357 e. The number of guanidine groups is 1. The Hall–Kier alpha value is -1.32. The predicted octanol–water partition coefficient (Wildman–Crippen LogP) is 2.96. The van der Waals surface area contributed by atoms with Crippen LogP contribution in [0.4, 0.5) is 0 Å². The van der Waals surface area contributed by atoms with Crippen molar-refractivity contribution in [2.75, 3.05) is 33.7 Å². The summed E-state index contributed by atoms with van der Waals surface area (Å²) in [5, 5.41) is 11.3. The number of hydrogen-bond donors (Lipinski definition) is 2. The quantitative estimate of drug-likeness (QED) is 0.315. The average Bonchev–Trinajstić information content (AvgIpc) is 3.24. The highest BCUT2D eigenvalue weighted by atomic mass is 127. The molecular weight excluding hydrogens is 479 g/mol. The zero-order chi connectivity index (χ0) is 20.7. The van der Waals surface area contributed by atoms with E-state index in [-0.39, 0.29) is 35.3 Å². The predicted molar refractivity (Wildman–Crippen MR) is 130 cm³/mol. The summed E-state index contributed by atoms with van der Waals surface area (Å²) in [6.45, 7) is 11.4. The molecule has 0 bridgehead atoms. The Labute approximate surface area is 193 Å². The highest BCUT2D eigenvalue weighted by Gasteiger charge is 2.42.